The van der Waals surface area contributed by atoms with Crippen LogP contribution in [0.2, 0.25) is 0 Å². The van der Waals surface area contributed by atoms with Gasteiger partial charge in [0.15, 0.2) is 12.4 Å². The van der Waals surface area contributed by atoms with Crippen LogP contribution in [-0.2, 0) is 14.3 Å². The van der Waals surface area contributed by atoms with Gasteiger partial charge in [0.2, 0.25) is 0 Å². The summed E-state index contributed by atoms with van der Waals surface area (Å²) in [5.74, 6) is -0.392. The van der Waals surface area contributed by atoms with E-state index in [-0.39, 0.29) is 37.2 Å². The number of esters is 1. The van der Waals surface area contributed by atoms with Crippen LogP contribution >= 0.6 is 0 Å². The van der Waals surface area contributed by atoms with Crippen molar-refractivity contribution in [3.05, 3.63) is 65.7 Å². The second kappa shape index (κ2) is 13.2. The van der Waals surface area contributed by atoms with Crippen molar-refractivity contribution in [2.45, 2.75) is 52.0 Å². The molecule has 0 saturated heterocycles. The van der Waals surface area contributed by atoms with Crippen LogP contribution in [0.4, 0.5) is 0 Å². The molecule has 0 fully saturated rings. The summed E-state index contributed by atoms with van der Waals surface area (Å²) in [6.07, 6.45) is 3.22. The zero-order chi connectivity index (χ0) is 22.5. The first-order valence-corrected chi connectivity index (χ1v) is 10.8. The SMILES string of the molecule is CCCCCOc1ccc(C(=O)CCC(=O)OCC(=O)N[C@H](C)c2ccccc2)cc1. The third kappa shape index (κ3) is 9.03. The lowest BCUT2D eigenvalue weighted by Gasteiger charge is -2.14. The minimum absolute atomic E-state index is 0.0254. The molecule has 0 aliphatic carbocycles. The number of carbonyl (C=O) groups excluding carboxylic acids is 3. The van der Waals surface area contributed by atoms with E-state index < -0.39 is 5.97 Å². The van der Waals surface area contributed by atoms with E-state index in [4.69, 9.17) is 9.47 Å². The second-order valence-corrected chi connectivity index (χ2v) is 7.36. The highest BCUT2D eigenvalue weighted by molar-refractivity contribution is 5.97. The zero-order valence-corrected chi connectivity index (χ0v) is 18.3. The predicted octanol–water partition coefficient (Wildman–Crippen LogP) is 4.64. The van der Waals surface area contributed by atoms with Crippen molar-refractivity contribution in [3.63, 3.8) is 0 Å². The van der Waals surface area contributed by atoms with Crippen molar-refractivity contribution in [1.29, 1.82) is 0 Å². The Morgan fingerprint density at radius 1 is 0.935 bits per heavy atom. The number of Topliss-reactive ketones (excluding diaryl/α,β-unsaturated/α-hetero) is 1. The summed E-state index contributed by atoms with van der Waals surface area (Å²) in [6.45, 7) is 4.28. The molecule has 0 unspecified atom stereocenters. The summed E-state index contributed by atoms with van der Waals surface area (Å²) in [6, 6.07) is 16.2. The Bertz CT molecular complexity index is 833. The first-order chi connectivity index (χ1) is 15.0. The third-order valence-electron chi connectivity index (χ3n) is 4.79. The molecule has 2 rings (SSSR count). The molecule has 0 aliphatic rings. The summed E-state index contributed by atoms with van der Waals surface area (Å²) in [7, 11) is 0. The monoisotopic (exact) mass is 425 g/mol. The fourth-order valence-electron chi connectivity index (χ4n) is 2.97. The van der Waals surface area contributed by atoms with Crippen LogP contribution in [0.3, 0.4) is 0 Å². The number of rotatable bonds is 13. The lowest BCUT2D eigenvalue weighted by molar-refractivity contribution is -0.148. The lowest BCUT2D eigenvalue weighted by Crippen LogP contribution is -2.31. The van der Waals surface area contributed by atoms with Gasteiger partial charge in [0.05, 0.1) is 19.1 Å². The van der Waals surface area contributed by atoms with Gasteiger partial charge in [0, 0.05) is 12.0 Å². The van der Waals surface area contributed by atoms with E-state index in [0.29, 0.717) is 12.2 Å². The topological polar surface area (TPSA) is 81.7 Å². The van der Waals surface area contributed by atoms with Crippen molar-refractivity contribution in [2.75, 3.05) is 13.2 Å². The van der Waals surface area contributed by atoms with Crippen molar-refractivity contribution in [2.24, 2.45) is 0 Å². The maximum absolute atomic E-state index is 12.3. The number of hydrogen-bond donors (Lipinski definition) is 1. The first-order valence-electron chi connectivity index (χ1n) is 10.8. The van der Waals surface area contributed by atoms with E-state index in [1.807, 2.05) is 37.3 Å². The third-order valence-corrected chi connectivity index (χ3v) is 4.79. The second-order valence-electron chi connectivity index (χ2n) is 7.36. The van der Waals surface area contributed by atoms with Gasteiger partial charge in [-0.25, -0.2) is 0 Å². The Kier molecular flexibility index (Phi) is 10.3. The van der Waals surface area contributed by atoms with Crippen LogP contribution in [-0.4, -0.2) is 30.9 Å². The maximum atomic E-state index is 12.3. The van der Waals surface area contributed by atoms with Crippen LogP contribution in [0.5, 0.6) is 5.75 Å². The summed E-state index contributed by atoms with van der Waals surface area (Å²) in [4.78, 5) is 36.1. The highest BCUT2D eigenvalue weighted by Gasteiger charge is 2.14. The van der Waals surface area contributed by atoms with Crippen molar-refractivity contribution >= 4 is 17.7 Å². The van der Waals surface area contributed by atoms with Crippen LogP contribution in [0.25, 0.3) is 0 Å². The average Bonchev–Trinajstić information content (AvgIpc) is 2.80. The number of hydrogen-bond acceptors (Lipinski definition) is 5. The van der Waals surface area contributed by atoms with Crippen molar-refractivity contribution in [3.8, 4) is 5.75 Å². The smallest absolute Gasteiger partial charge is 0.306 e. The molecule has 0 spiro atoms. The number of ketones is 1. The van der Waals surface area contributed by atoms with Gasteiger partial charge in [-0.3, -0.25) is 14.4 Å². The molecule has 31 heavy (non-hydrogen) atoms. The Labute approximate surface area is 183 Å². The molecule has 0 heterocycles. The van der Waals surface area contributed by atoms with Gasteiger partial charge in [-0.05, 0) is 43.2 Å². The molecule has 1 amide bonds. The van der Waals surface area contributed by atoms with Crippen molar-refractivity contribution < 1.29 is 23.9 Å². The van der Waals surface area contributed by atoms with Gasteiger partial charge in [-0.1, -0.05) is 50.1 Å². The zero-order valence-electron chi connectivity index (χ0n) is 18.3. The standard InChI is InChI=1S/C25H31NO5/c1-3-4-8-17-30-22-13-11-21(12-14-22)23(27)15-16-25(29)31-18-24(28)26-19(2)20-9-6-5-7-10-20/h5-7,9-14,19H,3-4,8,15-18H2,1-2H3,(H,26,28)/t19-/m1/s1. The molecule has 0 radical (unpaired) electrons. The first kappa shape index (κ1) is 24.1. The highest BCUT2D eigenvalue weighted by Crippen LogP contribution is 2.15. The Hall–Kier alpha value is -3.15. The number of carbonyl (C=O) groups is 3. The Morgan fingerprint density at radius 3 is 2.32 bits per heavy atom. The average molecular weight is 426 g/mol. The van der Waals surface area contributed by atoms with E-state index in [9.17, 15) is 14.4 Å². The molecule has 166 valence electrons. The van der Waals surface area contributed by atoms with E-state index in [1.54, 1.807) is 24.3 Å². The van der Waals surface area contributed by atoms with E-state index in [1.165, 1.54) is 0 Å². The molecule has 6 heteroatoms. The summed E-state index contributed by atoms with van der Waals surface area (Å²) in [5.41, 5.74) is 1.48. The Balaban J connectivity index is 1.67. The molecule has 1 N–H and O–H groups in total. The number of nitrogens with one attached hydrogen (secondary N) is 1. The van der Waals surface area contributed by atoms with Crippen molar-refractivity contribution in [1.82, 2.24) is 5.32 Å². The van der Waals surface area contributed by atoms with E-state index in [2.05, 4.69) is 12.2 Å². The van der Waals surface area contributed by atoms with E-state index >= 15 is 0 Å². The van der Waals surface area contributed by atoms with Gasteiger partial charge >= 0.3 is 5.97 Å². The summed E-state index contributed by atoms with van der Waals surface area (Å²) in [5, 5.41) is 2.77. The molecular weight excluding hydrogens is 394 g/mol. The quantitative estimate of drug-likeness (QED) is 0.287. The number of benzene rings is 2. The molecular formula is C25H31NO5. The van der Waals surface area contributed by atoms with Gasteiger partial charge in [0.1, 0.15) is 5.75 Å². The molecule has 2 aromatic carbocycles. The number of amides is 1. The van der Waals surface area contributed by atoms with Gasteiger partial charge in [0.25, 0.3) is 5.91 Å². The summed E-state index contributed by atoms with van der Waals surface area (Å²) < 4.78 is 10.6. The van der Waals surface area contributed by atoms with Gasteiger partial charge in [-0.2, -0.15) is 0 Å². The van der Waals surface area contributed by atoms with Crippen LogP contribution in [0.15, 0.2) is 54.6 Å². The van der Waals surface area contributed by atoms with Gasteiger partial charge < -0.3 is 14.8 Å². The van der Waals surface area contributed by atoms with Crippen LogP contribution in [0.1, 0.15) is 67.9 Å². The number of unbranched alkanes of at least 4 members (excludes halogenated alkanes) is 2. The molecule has 0 aromatic heterocycles. The molecule has 0 aliphatic heterocycles. The molecule has 0 bridgehead atoms. The lowest BCUT2D eigenvalue weighted by atomic mass is 10.1. The van der Waals surface area contributed by atoms with E-state index in [0.717, 1.165) is 30.6 Å². The fourth-order valence-corrected chi connectivity index (χ4v) is 2.97. The fraction of sp³-hybridized carbons (Fsp3) is 0.400. The largest absolute Gasteiger partial charge is 0.494 e. The molecule has 2 aromatic rings. The van der Waals surface area contributed by atoms with Gasteiger partial charge in [-0.15, -0.1) is 0 Å². The van der Waals surface area contributed by atoms with Crippen LogP contribution in [0, 0.1) is 0 Å². The number of ether oxygens (including phenoxy) is 2. The highest BCUT2D eigenvalue weighted by atomic mass is 16.5. The molecule has 0 saturated carbocycles. The maximum Gasteiger partial charge on any atom is 0.306 e. The minimum Gasteiger partial charge on any atom is -0.494 e. The predicted molar refractivity (Wildman–Crippen MR) is 119 cm³/mol. The normalized spacial score (nSPS) is 11.4. The minimum atomic E-state index is -0.577. The molecule has 6 nitrogen and oxygen atoms in total. The summed E-state index contributed by atoms with van der Waals surface area (Å²) >= 11 is 0. The molecule has 1 atom stereocenters. The Morgan fingerprint density at radius 2 is 1.65 bits per heavy atom. The van der Waals surface area contributed by atoms with Crippen LogP contribution < -0.4 is 10.1 Å².